The summed E-state index contributed by atoms with van der Waals surface area (Å²) in [5.74, 6) is 3.85. The van der Waals surface area contributed by atoms with Crippen LogP contribution in [0.3, 0.4) is 0 Å². The van der Waals surface area contributed by atoms with Crippen molar-refractivity contribution < 1.29 is 9.18 Å². The Balaban J connectivity index is 1.26. The van der Waals surface area contributed by atoms with E-state index in [1.807, 2.05) is 6.07 Å². The van der Waals surface area contributed by atoms with Crippen LogP contribution in [0.1, 0.15) is 133 Å². The molecule has 32 heavy (non-hydrogen) atoms. The van der Waals surface area contributed by atoms with Crippen LogP contribution < -0.4 is 0 Å². The highest BCUT2D eigenvalue weighted by atomic mass is 19.1. The van der Waals surface area contributed by atoms with Gasteiger partial charge in [-0.2, -0.15) is 0 Å². The van der Waals surface area contributed by atoms with Crippen LogP contribution in [-0.2, 0) is 4.79 Å². The predicted octanol–water partition coefficient (Wildman–Crippen LogP) is 8.96. The molecule has 0 aromatic heterocycles. The van der Waals surface area contributed by atoms with Crippen LogP contribution in [0.15, 0.2) is 18.2 Å². The van der Waals surface area contributed by atoms with Gasteiger partial charge in [0.05, 0.1) is 0 Å². The standard InChI is InChI=1S/C30H45FO/c1-2-3-4-5-22-6-10-26(11-7-22)28-18-19-29(30(31)20-28)27-16-14-25(15-17-27)24-12-8-23(21-32)9-13-24/h18-27H,2-17H2,1H3. The monoisotopic (exact) mass is 440 g/mol. The molecule has 0 amide bonds. The summed E-state index contributed by atoms with van der Waals surface area (Å²) < 4.78 is 15.2. The third-order valence-electron chi connectivity index (χ3n) is 9.45. The van der Waals surface area contributed by atoms with Gasteiger partial charge in [-0.05, 0) is 124 Å². The van der Waals surface area contributed by atoms with Crippen LogP contribution in [0.4, 0.5) is 4.39 Å². The molecule has 0 saturated heterocycles. The van der Waals surface area contributed by atoms with Crippen molar-refractivity contribution >= 4 is 6.29 Å². The summed E-state index contributed by atoms with van der Waals surface area (Å²) in [6, 6.07) is 6.29. The Hall–Kier alpha value is -1.18. The molecular weight excluding hydrogens is 395 g/mol. The highest BCUT2D eigenvalue weighted by molar-refractivity contribution is 5.53. The third kappa shape index (κ3) is 6.03. The van der Waals surface area contributed by atoms with E-state index in [1.54, 1.807) is 0 Å². The summed E-state index contributed by atoms with van der Waals surface area (Å²) in [6.45, 7) is 2.28. The Morgan fingerprint density at radius 2 is 1.44 bits per heavy atom. The number of carbonyl (C=O) groups is 1. The van der Waals surface area contributed by atoms with Gasteiger partial charge in [0.25, 0.3) is 0 Å². The molecule has 0 bridgehead atoms. The number of carbonyl (C=O) groups excluding carboxylic acids is 1. The first-order valence-corrected chi connectivity index (χ1v) is 13.9. The molecule has 2 heteroatoms. The lowest BCUT2D eigenvalue weighted by Gasteiger charge is -2.37. The maximum Gasteiger partial charge on any atom is 0.126 e. The summed E-state index contributed by atoms with van der Waals surface area (Å²) >= 11 is 0. The normalized spacial score (nSPS) is 33.7. The van der Waals surface area contributed by atoms with Crippen LogP contribution in [0, 0.1) is 29.5 Å². The van der Waals surface area contributed by atoms with Gasteiger partial charge in [0, 0.05) is 5.92 Å². The van der Waals surface area contributed by atoms with Crippen molar-refractivity contribution in [2.75, 3.05) is 0 Å². The van der Waals surface area contributed by atoms with Crippen molar-refractivity contribution in [2.45, 2.75) is 121 Å². The van der Waals surface area contributed by atoms with Crippen LogP contribution in [0.5, 0.6) is 0 Å². The van der Waals surface area contributed by atoms with Gasteiger partial charge in [0.1, 0.15) is 12.1 Å². The molecule has 3 fully saturated rings. The molecule has 3 saturated carbocycles. The highest BCUT2D eigenvalue weighted by Gasteiger charge is 2.32. The van der Waals surface area contributed by atoms with Crippen molar-refractivity contribution in [1.82, 2.24) is 0 Å². The van der Waals surface area contributed by atoms with E-state index in [4.69, 9.17) is 0 Å². The van der Waals surface area contributed by atoms with E-state index >= 15 is 4.39 Å². The van der Waals surface area contributed by atoms with Crippen molar-refractivity contribution in [1.29, 1.82) is 0 Å². The SMILES string of the molecule is CCCCCC1CCC(c2ccc(C3CCC(C4CCC(C=O)CC4)CC3)c(F)c2)CC1. The number of benzene rings is 1. The maximum atomic E-state index is 15.2. The zero-order chi connectivity index (χ0) is 22.3. The second kappa shape index (κ2) is 11.8. The number of rotatable bonds is 8. The zero-order valence-electron chi connectivity index (χ0n) is 20.4. The molecule has 1 aromatic carbocycles. The average molecular weight is 441 g/mol. The first kappa shape index (κ1) is 24.0. The largest absolute Gasteiger partial charge is 0.303 e. The molecule has 4 rings (SSSR count). The minimum Gasteiger partial charge on any atom is -0.303 e. The van der Waals surface area contributed by atoms with Crippen molar-refractivity contribution in [3.8, 4) is 0 Å². The lowest BCUT2D eigenvalue weighted by molar-refractivity contribution is -0.112. The van der Waals surface area contributed by atoms with Gasteiger partial charge in [0.15, 0.2) is 0 Å². The lowest BCUT2D eigenvalue weighted by atomic mass is 9.68. The van der Waals surface area contributed by atoms with Gasteiger partial charge < -0.3 is 4.79 Å². The zero-order valence-corrected chi connectivity index (χ0v) is 20.4. The third-order valence-corrected chi connectivity index (χ3v) is 9.45. The van der Waals surface area contributed by atoms with Gasteiger partial charge in [0.2, 0.25) is 0 Å². The Morgan fingerprint density at radius 3 is 2.03 bits per heavy atom. The highest BCUT2D eigenvalue weighted by Crippen LogP contribution is 2.45. The summed E-state index contributed by atoms with van der Waals surface area (Å²) in [6.07, 6.45) is 21.2. The van der Waals surface area contributed by atoms with Gasteiger partial charge in [-0.15, -0.1) is 0 Å². The summed E-state index contributed by atoms with van der Waals surface area (Å²) in [5, 5.41) is 0. The van der Waals surface area contributed by atoms with Gasteiger partial charge in [-0.3, -0.25) is 0 Å². The van der Waals surface area contributed by atoms with Gasteiger partial charge >= 0.3 is 0 Å². The molecule has 0 unspecified atom stereocenters. The van der Waals surface area contributed by atoms with Crippen LogP contribution >= 0.6 is 0 Å². The number of halogens is 1. The Labute approximate surface area is 195 Å². The molecule has 1 aromatic rings. The first-order valence-electron chi connectivity index (χ1n) is 13.9. The number of aldehydes is 1. The van der Waals surface area contributed by atoms with Crippen LogP contribution in [0.25, 0.3) is 0 Å². The molecule has 0 radical (unpaired) electrons. The van der Waals surface area contributed by atoms with Gasteiger partial charge in [-0.1, -0.05) is 44.7 Å². The minimum atomic E-state index is 0.0579. The Morgan fingerprint density at radius 1 is 0.812 bits per heavy atom. The van der Waals surface area contributed by atoms with Crippen LogP contribution in [-0.4, -0.2) is 6.29 Å². The fourth-order valence-electron chi connectivity index (χ4n) is 7.25. The van der Waals surface area contributed by atoms with Crippen molar-refractivity contribution in [2.24, 2.45) is 23.7 Å². The lowest BCUT2D eigenvalue weighted by Crippen LogP contribution is -2.26. The predicted molar refractivity (Wildman–Crippen MR) is 131 cm³/mol. The molecule has 0 atom stereocenters. The second-order valence-corrected chi connectivity index (χ2v) is 11.4. The van der Waals surface area contributed by atoms with E-state index < -0.39 is 0 Å². The van der Waals surface area contributed by atoms with Crippen molar-refractivity contribution in [3.05, 3.63) is 35.1 Å². The second-order valence-electron chi connectivity index (χ2n) is 11.4. The van der Waals surface area contributed by atoms with E-state index in [0.717, 1.165) is 49.0 Å². The van der Waals surface area contributed by atoms with E-state index in [9.17, 15) is 4.79 Å². The van der Waals surface area contributed by atoms with E-state index in [2.05, 4.69) is 19.1 Å². The van der Waals surface area contributed by atoms with Gasteiger partial charge in [-0.25, -0.2) is 4.39 Å². The van der Waals surface area contributed by atoms with E-state index in [-0.39, 0.29) is 5.82 Å². The molecule has 0 heterocycles. The Kier molecular flexibility index (Phi) is 8.83. The quantitative estimate of drug-likeness (QED) is 0.291. The van der Waals surface area contributed by atoms with E-state index in [0.29, 0.717) is 17.8 Å². The summed E-state index contributed by atoms with van der Waals surface area (Å²) in [5.41, 5.74) is 2.23. The maximum absolute atomic E-state index is 15.2. The van der Waals surface area contributed by atoms with Crippen LogP contribution in [0.2, 0.25) is 0 Å². The molecule has 3 aliphatic rings. The minimum absolute atomic E-state index is 0.0579. The summed E-state index contributed by atoms with van der Waals surface area (Å²) in [7, 11) is 0. The molecular formula is C30H45FO. The fourth-order valence-corrected chi connectivity index (χ4v) is 7.25. The smallest absolute Gasteiger partial charge is 0.126 e. The Bertz CT molecular complexity index is 704. The fraction of sp³-hybridized carbons (Fsp3) is 0.767. The molecule has 0 spiro atoms. The number of unbranched alkanes of at least 4 members (excludes halogenated alkanes) is 2. The topological polar surface area (TPSA) is 17.1 Å². The molecule has 178 valence electrons. The molecule has 1 nitrogen and oxygen atoms in total. The number of hydrogen-bond acceptors (Lipinski definition) is 1. The molecule has 0 N–H and O–H groups in total. The molecule has 3 aliphatic carbocycles. The first-order chi connectivity index (χ1) is 15.7. The summed E-state index contributed by atoms with van der Waals surface area (Å²) in [4.78, 5) is 11.0. The number of hydrogen-bond donors (Lipinski definition) is 0. The van der Waals surface area contributed by atoms with E-state index in [1.165, 1.54) is 88.9 Å². The van der Waals surface area contributed by atoms with Crippen molar-refractivity contribution in [3.63, 3.8) is 0 Å². The average Bonchev–Trinajstić information content (AvgIpc) is 2.85. The molecule has 0 aliphatic heterocycles.